The van der Waals surface area contributed by atoms with Crippen molar-refractivity contribution in [1.29, 1.82) is 0 Å². The fraction of sp³-hybridized carbons (Fsp3) is 0.158. The molecule has 0 aliphatic carbocycles. The Kier molecular flexibility index (Phi) is 5.64. The molecule has 0 aliphatic heterocycles. The Bertz CT molecular complexity index is 1090. The van der Waals surface area contributed by atoms with E-state index in [0.29, 0.717) is 5.69 Å². The van der Waals surface area contributed by atoms with Crippen molar-refractivity contribution in [2.45, 2.75) is 18.2 Å². The molecule has 0 aliphatic rings. The van der Waals surface area contributed by atoms with E-state index in [-0.39, 0.29) is 15.5 Å². The summed E-state index contributed by atoms with van der Waals surface area (Å²) < 4.78 is 23.1. The zero-order valence-electron chi connectivity index (χ0n) is 14.7. The normalized spacial score (nSPS) is 11.4. The van der Waals surface area contributed by atoms with E-state index < -0.39 is 15.7 Å². The fourth-order valence-electron chi connectivity index (χ4n) is 2.44. The smallest absolute Gasteiger partial charge is 0.257 e. The minimum absolute atomic E-state index is 0.0723. The quantitative estimate of drug-likeness (QED) is 0.650. The number of aromatic nitrogens is 1. The number of anilines is 1. The molecule has 2 aromatic carbocycles. The van der Waals surface area contributed by atoms with Crippen molar-refractivity contribution in [3.63, 3.8) is 0 Å². The Hall–Kier alpha value is -2.22. The summed E-state index contributed by atoms with van der Waals surface area (Å²) in [6.07, 6.45) is 1.99. The number of hydrogen-bond acceptors (Lipinski definition) is 5. The highest BCUT2D eigenvalue weighted by atomic mass is 35.5. The van der Waals surface area contributed by atoms with Gasteiger partial charge in [0.1, 0.15) is 0 Å². The number of halogens is 1. The predicted octanol–water partition coefficient (Wildman–Crippen LogP) is 4.68. The SMILES string of the molecule is CCc1nc(-c2ccc(NC(=O)c3ccc(S(C)(=O)=O)cc3Cl)cc2)cs1. The molecule has 0 radical (unpaired) electrons. The van der Waals surface area contributed by atoms with Gasteiger partial charge in [-0.25, -0.2) is 13.4 Å². The summed E-state index contributed by atoms with van der Waals surface area (Å²) in [6, 6.07) is 11.4. The first-order chi connectivity index (χ1) is 12.8. The number of sulfone groups is 1. The summed E-state index contributed by atoms with van der Waals surface area (Å²) in [5.41, 5.74) is 2.70. The highest BCUT2D eigenvalue weighted by molar-refractivity contribution is 7.90. The van der Waals surface area contributed by atoms with Gasteiger partial charge >= 0.3 is 0 Å². The molecule has 0 atom stereocenters. The van der Waals surface area contributed by atoms with Crippen molar-refractivity contribution >= 4 is 44.4 Å². The summed E-state index contributed by atoms with van der Waals surface area (Å²) in [5, 5.41) is 5.93. The molecule has 3 rings (SSSR count). The van der Waals surface area contributed by atoms with Gasteiger partial charge in [-0.2, -0.15) is 0 Å². The topological polar surface area (TPSA) is 76.1 Å². The first-order valence-electron chi connectivity index (χ1n) is 8.13. The molecular weight excluding hydrogens is 404 g/mol. The van der Waals surface area contributed by atoms with Crippen LogP contribution in [0, 0.1) is 0 Å². The van der Waals surface area contributed by atoms with Gasteiger partial charge in [0, 0.05) is 22.9 Å². The highest BCUT2D eigenvalue weighted by Crippen LogP contribution is 2.25. The number of carbonyl (C=O) groups excluding carboxylic acids is 1. The van der Waals surface area contributed by atoms with E-state index in [4.69, 9.17) is 11.6 Å². The Morgan fingerprint density at radius 3 is 2.44 bits per heavy atom. The monoisotopic (exact) mass is 420 g/mol. The third-order valence-electron chi connectivity index (χ3n) is 3.91. The molecule has 1 N–H and O–H groups in total. The van der Waals surface area contributed by atoms with Crippen LogP contribution in [0.2, 0.25) is 5.02 Å². The number of benzene rings is 2. The molecule has 0 unspecified atom stereocenters. The molecule has 0 bridgehead atoms. The first kappa shape index (κ1) is 19.5. The predicted molar refractivity (Wildman–Crippen MR) is 109 cm³/mol. The van der Waals surface area contributed by atoms with E-state index in [2.05, 4.69) is 17.2 Å². The molecule has 0 saturated heterocycles. The third-order valence-corrected chi connectivity index (χ3v) is 6.32. The van der Waals surface area contributed by atoms with Gasteiger partial charge < -0.3 is 5.32 Å². The van der Waals surface area contributed by atoms with E-state index in [1.54, 1.807) is 23.5 Å². The number of thiazole rings is 1. The summed E-state index contributed by atoms with van der Waals surface area (Å²) in [6.45, 7) is 2.06. The van der Waals surface area contributed by atoms with Crippen LogP contribution in [0.15, 0.2) is 52.7 Å². The molecule has 0 fully saturated rings. The molecule has 140 valence electrons. The molecule has 3 aromatic rings. The van der Waals surface area contributed by atoms with Crippen LogP contribution in [-0.2, 0) is 16.3 Å². The van der Waals surface area contributed by atoms with Crippen LogP contribution >= 0.6 is 22.9 Å². The summed E-state index contributed by atoms with van der Waals surface area (Å²) in [7, 11) is -3.38. The molecule has 0 spiro atoms. The number of rotatable bonds is 5. The molecule has 27 heavy (non-hydrogen) atoms. The molecular formula is C19H17ClN2O3S2. The Labute approximate surface area is 167 Å². The first-order valence-corrected chi connectivity index (χ1v) is 11.3. The fourth-order valence-corrected chi connectivity index (χ4v) is 4.17. The van der Waals surface area contributed by atoms with E-state index in [1.165, 1.54) is 18.2 Å². The summed E-state index contributed by atoms with van der Waals surface area (Å²) >= 11 is 7.71. The maximum atomic E-state index is 12.4. The van der Waals surface area contributed by atoms with Crippen molar-refractivity contribution in [3.05, 3.63) is 63.4 Å². The Balaban J connectivity index is 1.76. The van der Waals surface area contributed by atoms with E-state index in [9.17, 15) is 13.2 Å². The lowest BCUT2D eigenvalue weighted by Gasteiger charge is -2.08. The van der Waals surface area contributed by atoms with Crippen LogP contribution < -0.4 is 5.32 Å². The van der Waals surface area contributed by atoms with Crippen LogP contribution in [0.5, 0.6) is 0 Å². The average Bonchev–Trinajstić information content (AvgIpc) is 3.10. The zero-order valence-corrected chi connectivity index (χ0v) is 17.1. The van der Waals surface area contributed by atoms with Gasteiger partial charge in [0.05, 0.1) is 26.2 Å². The molecule has 1 heterocycles. The molecule has 8 heteroatoms. The number of nitrogens with one attached hydrogen (secondary N) is 1. The second-order valence-corrected chi connectivity index (χ2v) is 9.29. The second-order valence-electron chi connectivity index (χ2n) is 5.93. The van der Waals surface area contributed by atoms with Gasteiger partial charge in [0.25, 0.3) is 5.91 Å². The number of carbonyl (C=O) groups is 1. The second kappa shape index (κ2) is 7.80. The van der Waals surface area contributed by atoms with Gasteiger partial charge in [0.15, 0.2) is 9.84 Å². The van der Waals surface area contributed by atoms with Crippen LogP contribution in [0.25, 0.3) is 11.3 Å². The number of amides is 1. The maximum Gasteiger partial charge on any atom is 0.257 e. The van der Waals surface area contributed by atoms with Gasteiger partial charge in [-0.3, -0.25) is 4.79 Å². The lowest BCUT2D eigenvalue weighted by molar-refractivity contribution is 0.102. The molecule has 1 aromatic heterocycles. The van der Waals surface area contributed by atoms with Crippen LogP contribution in [0.1, 0.15) is 22.3 Å². The Morgan fingerprint density at radius 2 is 1.89 bits per heavy atom. The van der Waals surface area contributed by atoms with Gasteiger partial charge in [-0.1, -0.05) is 30.7 Å². The van der Waals surface area contributed by atoms with Crippen molar-refractivity contribution in [2.24, 2.45) is 0 Å². The lowest BCUT2D eigenvalue weighted by Crippen LogP contribution is -2.13. The minimum atomic E-state index is -3.38. The lowest BCUT2D eigenvalue weighted by atomic mass is 10.1. The standard InChI is InChI=1S/C19H17ClN2O3S2/c1-3-18-22-17(11-26-18)12-4-6-13(7-5-12)21-19(23)15-9-8-14(10-16(15)20)27(2,24)25/h4-11H,3H2,1-2H3,(H,21,23). The molecule has 5 nitrogen and oxygen atoms in total. The number of aryl methyl sites for hydroxylation is 1. The van der Waals surface area contributed by atoms with Gasteiger partial charge in [-0.15, -0.1) is 11.3 Å². The molecule has 0 saturated carbocycles. The van der Waals surface area contributed by atoms with E-state index >= 15 is 0 Å². The van der Waals surface area contributed by atoms with Gasteiger partial charge in [-0.05, 0) is 36.8 Å². The van der Waals surface area contributed by atoms with Crippen molar-refractivity contribution < 1.29 is 13.2 Å². The molecule has 1 amide bonds. The zero-order chi connectivity index (χ0) is 19.6. The highest BCUT2D eigenvalue weighted by Gasteiger charge is 2.15. The van der Waals surface area contributed by atoms with Crippen molar-refractivity contribution in [3.8, 4) is 11.3 Å². The van der Waals surface area contributed by atoms with E-state index in [1.807, 2.05) is 17.5 Å². The number of hydrogen-bond donors (Lipinski definition) is 1. The van der Waals surface area contributed by atoms with Crippen LogP contribution in [0.4, 0.5) is 5.69 Å². The largest absolute Gasteiger partial charge is 0.322 e. The van der Waals surface area contributed by atoms with Crippen molar-refractivity contribution in [2.75, 3.05) is 11.6 Å². The summed E-state index contributed by atoms with van der Waals surface area (Å²) in [4.78, 5) is 17.1. The average molecular weight is 421 g/mol. The van der Waals surface area contributed by atoms with Crippen molar-refractivity contribution in [1.82, 2.24) is 4.98 Å². The van der Waals surface area contributed by atoms with Crippen LogP contribution in [-0.4, -0.2) is 25.6 Å². The van der Waals surface area contributed by atoms with Crippen LogP contribution in [0.3, 0.4) is 0 Å². The van der Waals surface area contributed by atoms with Gasteiger partial charge in [0.2, 0.25) is 0 Å². The Morgan fingerprint density at radius 1 is 1.19 bits per heavy atom. The third kappa shape index (κ3) is 4.55. The number of nitrogens with zero attached hydrogens (tertiary/aromatic N) is 1. The minimum Gasteiger partial charge on any atom is -0.322 e. The van der Waals surface area contributed by atoms with E-state index in [0.717, 1.165) is 28.9 Å². The maximum absolute atomic E-state index is 12.4. The summed E-state index contributed by atoms with van der Waals surface area (Å²) in [5.74, 6) is -0.408.